The largest absolute Gasteiger partial charge is 0.506 e. The lowest BCUT2D eigenvalue weighted by molar-refractivity contribution is 0.249. The van der Waals surface area contributed by atoms with Crippen molar-refractivity contribution in [2.24, 2.45) is 0 Å². The number of fused-ring (bicyclic) bond motifs is 1. The summed E-state index contributed by atoms with van der Waals surface area (Å²) in [6.07, 6.45) is 2.77. The molecule has 0 spiro atoms. The molecule has 2 N–H and O–H groups in total. The van der Waals surface area contributed by atoms with Gasteiger partial charge in [0.2, 0.25) is 10.0 Å². The molecule has 0 aromatic heterocycles. The van der Waals surface area contributed by atoms with Crippen molar-refractivity contribution in [3.63, 3.8) is 0 Å². The first-order valence-corrected chi connectivity index (χ1v) is 11.0. The molecule has 0 saturated carbocycles. The van der Waals surface area contributed by atoms with Crippen molar-refractivity contribution >= 4 is 21.6 Å². The molecule has 0 amide bonds. The summed E-state index contributed by atoms with van der Waals surface area (Å²) in [5.41, 5.74) is 3.27. The Kier molecular flexibility index (Phi) is 6.42. The first-order chi connectivity index (χ1) is 12.9. The van der Waals surface area contributed by atoms with Crippen LogP contribution in [0.15, 0.2) is 41.3 Å². The molecule has 27 heavy (non-hydrogen) atoms. The van der Waals surface area contributed by atoms with Crippen molar-refractivity contribution in [1.82, 2.24) is 9.62 Å². The average Bonchev–Trinajstić information content (AvgIpc) is 2.65. The third kappa shape index (κ3) is 5.02. The highest BCUT2D eigenvalue weighted by Gasteiger charge is 2.18. The van der Waals surface area contributed by atoms with Crippen LogP contribution in [0.1, 0.15) is 29.5 Å². The van der Waals surface area contributed by atoms with Gasteiger partial charge in [0, 0.05) is 19.6 Å². The topological polar surface area (TPSA) is 69.6 Å². The first-order valence-electron chi connectivity index (χ1n) is 9.15. The highest BCUT2D eigenvalue weighted by atomic mass is 35.5. The zero-order valence-electron chi connectivity index (χ0n) is 15.4. The predicted octanol–water partition coefficient (Wildman–Crippen LogP) is 3.47. The van der Waals surface area contributed by atoms with Gasteiger partial charge in [0.05, 0.1) is 9.92 Å². The van der Waals surface area contributed by atoms with Gasteiger partial charge in [-0.15, -0.1) is 0 Å². The maximum absolute atomic E-state index is 12.4. The van der Waals surface area contributed by atoms with Crippen LogP contribution in [0, 0.1) is 6.92 Å². The van der Waals surface area contributed by atoms with Crippen LogP contribution < -0.4 is 4.72 Å². The van der Waals surface area contributed by atoms with E-state index in [2.05, 4.69) is 33.9 Å². The molecule has 0 fully saturated rings. The summed E-state index contributed by atoms with van der Waals surface area (Å²) in [4.78, 5) is 2.50. The molecule has 5 nitrogen and oxygen atoms in total. The summed E-state index contributed by atoms with van der Waals surface area (Å²) in [5.74, 6) is -0.0845. The van der Waals surface area contributed by atoms with Gasteiger partial charge in [-0.1, -0.05) is 35.9 Å². The Hall–Kier alpha value is -1.60. The van der Waals surface area contributed by atoms with E-state index in [-0.39, 0.29) is 15.7 Å². The Bertz CT molecular complexity index is 892. The standard InChI is InChI=1S/C20H25ClN2O3S/c1-15-12-18(13-19(21)20(15)24)27(25,26)22-9-4-5-10-23-11-8-16-6-2-3-7-17(16)14-23/h2-3,6-7,12-13,22,24H,4-5,8-11,14H2,1H3. The molecule has 2 aromatic carbocycles. The fraction of sp³-hybridized carbons (Fsp3) is 0.400. The van der Waals surface area contributed by atoms with Crippen LogP contribution in [0.25, 0.3) is 0 Å². The number of hydrogen-bond acceptors (Lipinski definition) is 4. The molecule has 1 aliphatic heterocycles. The van der Waals surface area contributed by atoms with E-state index in [0.29, 0.717) is 12.1 Å². The summed E-state index contributed by atoms with van der Waals surface area (Å²) in [6.45, 7) is 4.97. The number of nitrogens with one attached hydrogen (secondary N) is 1. The van der Waals surface area contributed by atoms with Crippen molar-refractivity contribution in [2.45, 2.75) is 37.6 Å². The van der Waals surface area contributed by atoms with E-state index in [1.165, 1.54) is 23.3 Å². The zero-order chi connectivity index (χ0) is 19.4. The highest BCUT2D eigenvalue weighted by Crippen LogP contribution is 2.30. The van der Waals surface area contributed by atoms with Crippen molar-refractivity contribution < 1.29 is 13.5 Å². The molecule has 146 valence electrons. The third-order valence-corrected chi connectivity index (χ3v) is 6.67. The lowest BCUT2D eigenvalue weighted by Gasteiger charge is -2.28. The Morgan fingerprint density at radius 1 is 1.19 bits per heavy atom. The molecule has 0 radical (unpaired) electrons. The number of nitrogens with zero attached hydrogens (tertiary/aromatic N) is 1. The second kappa shape index (κ2) is 8.61. The fourth-order valence-corrected chi connectivity index (χ4v) is 4.87. The molecule has 2 aromatic rings. The highest BCUT2D eigenvalue weighted by molar-refractivity contribution is 7.89. The Labute approximate surface area is 166 Å². The molecule has 1 aliphatic rings. The van der Waals surface area contributed by atoms with Gasteiger partial charge >= 0.3 is 0 Å². The smallest absolute Gasteiger partial charge is 0.240 e. The molecular formula is C20H25ClN2O3S. The van der Waals surface area contributed by atoms with E-state index in [1.54, 1.807) is 6.92 Å². The summed E-state index contributed by atoms with van der Waals surface area (Å²) in [6, 6.07) is 11.2. The lowest BCUT2D eigenvalue weighted by atomic mass is 10.00. The Morgan fingerprint density at radius 2 is 1.93 bits per heavy atom. The van der Waals surface area contributed by atoms with Crippen LogP contribution in [0.3, 0.4) is 0 Å². The second-order valence-electron chi connectivity index (χ2n) is 6.97. The number of phenols is 1. The van der Waals surface area contributed by atoms with E-state index in [9.17, 15) is 13.5 Å². The maximum atomic E-state index is 12.4. The summed E-state index contributed by atoms with van der Waals surface area (Å²) in [5, 5.41) is 9.72. The first kappa shape index (κ1) is 20.1. The van der Waals surface area contributed by atoms with Crippen molar-refractivity contribution in [3.05, 3.63) is 58.1 Å². The normalized spacial score (nSPS) is 14.9. The van der Waals surface area contributed by atoms with Gasteiger partial charge in [0.25, 0.3) is 0 Å². The van der Waals surface area contributed by atoms with Gasteiger partial charge in [0.1, 0.15) is 5.75 Å². The maximum Gasteiger partial charge on any atom is 0.240 e. The fourth-order valence-electron chi connectivity index (χ4n) is 3.36. The van der Waals surface area contributed by atoms with E-state index < -0.39 is 10.0 Å². The minimum Gasteiger partial charge on any atom is -0.506 e. The van der Waals surface area contributed by atoms with Crippen LogP contribution in [0.5, 0.6) is 5.75 Å². The van der Waals surface area contributed by atoms with Crippen LogP contribution in [0.4, 0.5) is 0 Å². The van der Waals surface area contributed by atoms with Gasteiger partial charge in [-0.3, -0.25) is 4.90 Å². The third-order valence-electron chi connectivity index (χ3n) is 4.94. The monoisotopic (exact) mass is 408 g/mol. The number of rotatable bonds is 7. The molecule has 0 saturated heterocycles. The van der Waals surface area contributed by atoms with Gasteiger partial charge in [-0.25, -0.2) is 13.1 Å². The van der Waals surface area contributed by atoms with E-state index in [0.717, 1.165) is 38.9 Å². The molecular weight excluding hydrogens is 384 g/mol. The predicted molar refractivity (Wildman–Crippen MR) is 108 cm³/mol. The molecule has 7 heteroatoms. The SMILES string of the molecule is Cc1cc(S(=O)(=O)NCCCCN2CCc3ccccc3C2)cc(Cl)c1O. The minimum absolute atomic E-state index is 0.0424. The Morgan fingerprint density at radius 3 is 2.67 bits per heavy atom. The number of aromatic hydroxyl groups is 1. The second-order valence-corrected chi connectivity index (χ2v) is 9.14. The molecule has 3 rings (SSSR count). The summed E-state index contributed by atoms with van der Waals surface area (Å²) >= 11 is 5.88. The molecule has 0 unspecified atom stereocenters. The van der Waals surface area contributed by atoms with Gasteiger partial charge in [-0.05, 0) is 61.6 Å². The van der Waals surface area contributed by atoms with Crippen LogP contribution in [0.2, 0.25) is 5.02 Å². The molecule has 0 atom stereocenters. The summed E-state index contributed by atoms with van der Waals surface area (Å²) in [7, 11) is -3.63. The molecule has 0 bridgehead atoms. The number of hydrogen-bond donors (Lipinski definition) is 2. The van der Waals surface area contributed by atoms with Gasteiger partial charge < -0.3 is 5.11 Å². The van der Waals surface area contributed by atoms with Gasteiger partial charge in [-0.2, -0.15) is 0 Å². The number of benzene rings is 2. The molecule has 0 aliphatic carbocycles. The van der Waals surface area contributed by atoms with Crippen LogP contribution >= 0.6 is 11.6 Å². The number of halogens is 1. The van der Waals surface area contributed by atoms with E-state index >= 15 is 0 Å². The van der Waals surface area contributed by atoms with Crippen molar-refractivity contribution in [2.75, 3.05) is 19.6 Å². The Balaban J connectivity index is 1.45. The van der Waals surface area contributed by atoms with E-state index in [4.69, 9.17) is 11.6 Å². The average molecular weight is 409 g/mol. The number of phenolic OH excluding ortho intramolecular Hbond substituents is 1. The summed E-state index contributed by atoms with van der Waals surface area (Å²) < 4.78 is 27.4. The number of sulfonamides is 1. The molecule has 1 heterocycles. The lowest BCUT2D eigenvalue weighted by Crippen LogP contribution is -2.32. The van der Waals surface area contributed by atoms with Crippen molar-refractivity contribution in [3.8, 4) is 5.75 Å². The van der Waals surface area contributed by atoms with Crippen LogP contribution in [-0.4, -0.2) is 38.1 Å². The van der Waals surface area contributed by atoms with Crippen molar-refractivity contribution in [1.29, 1.82) is 0 Å². The van der Waals surface area contributed by atoms with E-state index in [1.807, 2.05) is 0 Å². The number of unbranched alkanes of at least 4 members (excludes halogenated alkanes) is 1. The van der Waals surface area contributed by atoms with Gasteiger partial charge in [0.15, 0.2) is 0 Å². The minimum atomic E-state index is -3.63. The van der Waals surface area contributed by atoms with Crippen LogP contribution in [-0.2, 0) is 23.0 Å². The quantitative estimate of drug-likeness (QED) is 0.688. The number of aryl methyl sites for hydroxylation is 1. The zero-order valence-corrected chi connectivity index (χ0v) is 17.0.